The number of piperazine rings is 1. The minimum atomic E-state index is -0.293. The maximum absolute atomic E-state index is 11.5. The molecule has 0 amide bonds. The van der Waals surface area contributed by atoms with Gasteiger partial charge >= 0.3 is 5.97 Å². The smallest absolute Gasteiger partial charge is 0.337 e. The van der Waals surface area contributed by atoms with Gasteiger partial charge in [-0.3, -0.25) is 9.80 Å². The van der Waals surface area contributed by atoms with Gasteiger partial charge in [0.1, 0.15) is 5.76 Å². The Labute approximate surface area is 142 Å². The molecule has 0 spiro atoms. The highest BCUT2D eigenvalue weighted by Gasteiger charge is 2.18. The Bertz CT molecular complexity index is 673. The van der Waals surface area contributed by atoms with Gasteiger partial charge in [-0.25, -0.2) is 4.79 Å². The molecule has 0 radical (unpaired) electrons. The molecule has 0 aliphatic carbocycles. The number of carbonyl (C=O) groups is 1. The van der Waals surface area contributed by atoms with E-state index in [0.717, 1.165) is 50.7 Å². The van der Waals surface area contributed by atoms with Crippen molar-refractivity contribution in [2.45, 2.75) is 20.0 Å². The van der Waals surface area contributed by atoms with Crippen LogP contribution in [0.1, 0.15) is 27.4 Å². The lowest BCUT2D eigenvalue weighted by atomic mass is 10.1. The van der Waals surface area contributed by atoms with Gasteiger partial charge < -0.3 is 9.26 Å². The summed E-state index contributed by atoms with van der Waals surface area (Å²) < 4.78 is 9.84. The van der Waals surface area contributed by atoms with Crippen LogP contribution in [0.25, 0.3) is 0 Å². The summed E-state index contributed by atoms with van der Waals surface area (Å²) in [5.41, 5.74) is 2.80. The topological polar surface area (TPSA) is 58.8 Å². The lowest BCUT2D eigenvalue weighted by Crippen LogP contribution is -2.45. The number of rotatable bonds is 5. The summed E-state index contributed by atoms with van der Waals surface area (Å²) in [7, 11) is 1.40. The lowest BCUT2D eigenvalue weighted by Gasteiger charge is -2.34. The highest BCUT2D eigenvalue weighted by Crippen LogP contribution is 2.13. The van der Waals surface area contributed by atoms with Gasteiger partial charge in [0.05, 0.1) is 18.4 Å². The molecule has 0 saturated carbocycles. The van der Waals surface area contributed by atoms with Crippen molar-refractivity contribution in [1.29, 1.82) is 0 Å². The molecule has 3 rings (SSSR count). The second kappa shape index (κ2) is 7.59. The molecule has 1 aliphatic rings. The summed E-state index contributed by atoms with van der Waals surface area (Å²) in [6, 6.07) is 9.64. The molecule has 6 heteroatoms. The highest BCUT2D eigenvalue weighted by atomic mass is 16.5. The first-order chi connectivity index (χ1) is 11.6. The molecule has 0 atom stereocenters. The van der Waals surface area contributed by atoms with Crippen LogP contribution < -0.4 is 0 Å². The Hall–Kier alpha value is -2.18. The summed E-state index contributed by atoms with van der Waals surface area (Å²) >= 11 is 0. The number of esters is 1. The number of aromatic nitrogens is 1. The van der Waals surface area contributed by atoms with E-state index in [0.29, 0.717) is 5.56 Å². The standard InChI is InChI=1S/C18H23N3O3/c1-14-11-17(19-24-14)13-21-9-7-20(8-10-21)12-15-3-5-16(6-4-15)18(22)23-2/h3-6,11H,7-10,12-13H2,1-2H3. The van der Waals surface area contributed by atoms with Gasteiger partial charge in [-0.05, 0) is 24.6 Å². The van der Waals surface area contributed by atoms with E-state index < -0.39 is 0 Å². The second-order valence-electron chi connectivity index (χ2n) is 6.17. The minimum absolute atomic E-state index is 0.293. The van der Waals surface area contributed by atoms with E-state index in [1.165, 1.54) is 12.7 Å². The Morgan fingerprint density at radius 2 is 1.75 bits per heavy atom. The number of aryl methyl sites for hydroxylation is 1. The molecular formula is C18H23N3O3. The molecular weight excluding hydrogens is 306 g/mol. The van der Waals surface area contributed by atoms with Crippen molar-refractivity contribution in [2.75, 3.05) is 33.3 Å². The number of carbonyl (C=O) groups excluding carboxylic acids is 1. The molecule has 1 aromatic carbocycles. The normalized spacial score (nSPS) is 16.2. The predicted octanol–water partition coefficient (Wildman–Crippen LogP) is 2.09. The Balaban J connectivity index is 1.47. The van der Waals surface area contributed by atoms with Crippen molar-refractivity contribution in [1.82, 2.24) is 15.0 Å². The predicted molar refractivity (Wildman–Crippen MR) is 89.6 cm³/mol. The SMILES string of the molecule is COC(=O)c1ccc(CN2CCN(Cc3cc(C)on3)CC2)cc1. The van der Waals surface area contributed by atoms with Crippen LogP contribution in [0.2, 0.25) is 0 Å². The molecule has 2 heterocycles. The van der Waals surface area contributed by atoms with E-state index in [1.54, 1.807) is 0 Å². The zero-order chi connectivity index (χ0) is 16.9. The third-order valence-corrected chi connectivity index (χ3v) is 4.31. The molecule has 128 valence electrons. The first-order valence-corrected chi connectivity index (χ1v) is 8.18. The van der Waals surface area contributed by atoms with Crippen molar-refractivity contribution in [2.24, 2.45) is 0 Å². The number of hydrogen-bond donors (Lipinski definition) is 0. The third kappa shape index (κ3) is 4.21. The van der Waals surface area contributed by atoms with Gasteiger partial charge in [-0.15, -0.1) is 0 Å². The van der Waals surface area contributed by atoms with Crippen LogP contribution in [0, 0.1) is 6.92 Å². The van der Waals surface area contributed by atoms with Crippen molar-refractivity contribution >= 4 is 5.97 Å². The monoisotopic (exact) mass is 329 g/mol. The first-order valence-electron chi connectivity index (χ1n) is 8.18. The quantitative estimate of drug-likeness (QED) is 0.783. The molecule has 0 N–H and O–H groups in total. The van der Waals surface area contributed by atoms with E-state index in [4.69, 9.17) is 9.26 Å². The fraction of sp³-hybridized carbons (Fsp3) is 0.444. The zero-order valence-corrected chi connectivity index (χ0v) is 14.2. The average Bonchev–Trinajstić information content (AvgIpc) is 3.01. The largest absolute Gasteiger partial charge is 0.465 e. The molecule has 0 unspecified atom stereocenters. The fourth-order valence-electron chi connectivity index (χ4n) is 2.95. The summed E-state index contributed by atoms with van der Waals surface area (Å²) in [4.78, 5) is 16.3. The van der Waals surface area contributed by atoms with Crippen LogP contribution in [0.3, 0.4) is 0 Å². The van der Waals surface area contributed by atoms with E-state index in [9.17, 15) is 4.79 Å². The van der Waals surface area contributed by atoms with Gasteiger partial charge in [0, 0.05) is 45.3 Å². The fourth-order valence-corrected chi connectivity index (χ4v) is 2.95. The van der Waals surface area contributed by atoms with Crippen LogP contribution in [-0.4, -0.2) is 54.2 Å². The highest BCUT2D eigenvalue weighted by molar-refractivity contribution is 5.89. The summed E-state index contributed by atoms with van der Waals surface area (Å²) in [5.74, 6) is 0.567. The van der Waals surface area contributed by atoms with Crippen molar-refractivity contribution in [3.05, 3.63) is 52.9 Å². The molecule has 24 heavy (non-hydrogen) atoms. The summed E-state index contributed by atoms with van der Waals surface area (Å²) in [5, 5.41) is 4.06. The van der Waals surface area contributed by atoms with Crippen LogP contribution >= 0.6 is 0 Å². The first kappa shape index (κ1) is 16.7. The minimum Gasteiger partial charge on any atom is -0.465 e. The molecule has 1 aromatic heterocycles. The van der Waals surface area contributed by atoms with Crippen LogP contribution in [0.4, 0.5) is 0 Å². The van der Waals surface area contributed by atoms with Crippen LogP contribution in [0.15, 0.2) is 34.9 Å². The van der Waals surface area contributed by atoms with Gasteiger partial charge in [-0.1, -0.05) is 17.3 Å². The third-order valence-electron chi connectivity index (χ3n) is 4.31. The zero-order valence-electron chi connectivity index (χ0n) is 14.2. The molecule has 2 aromatic rings. The summed E-state index contributed by atoms with van der Waals surface area (Å²) in [6.45, 7) is 7.75. The van der Waals surface area contributed by atoms with Gasteiger partial charge in [0.2, 0.25) is 0 Å². The van der Waals surface area contributed by atoms with E-state index in [2.05, 4.69) is 15.0 Å². The van der Waals surface area contributed by atoms with Gasteiger partial charge in [0.15, 0.2) is 0 Å². The Morgan fingerprint density at radius 3 is 2.29 bits per heavy atom. The number of hydrogen-bond acceptors (Lipinski definition) is 6. The molecule has 1 fully saturated rings. The van der Waals surface area contributed by atoms with Crippen LogP contribution in [0.5, 0.6) is 0 Å². The molecule has 1 aliphatic heterocycles. The number of benzene rings is 1. The van der Waals surface area contributed by atoms with Crippen molar-refractivity contribution < 1.29 is 14.1 Å². The maximum Gasteiger partial charge on any atom is 0.337 e. The number of nitrogens with zero attached hydrogens (tertiary/aromatic N) is 3. The second-order valence-corrected chi connectivity index (χ2v) is 6.17. The van der Waals surface area contributed by atoms with E-state index >= 15 is 0 Å². The van der Waals surface area contributed by atoms with Gasteiger partial charge in [0.25, 0.3) is 0 Å². The van der Waals surface area contributed by atoms with Crippen LogP contribution in [-0.2, 0) is 17.8 Å². The van der Waals surface area contributed by atoms with Crippen molar-refractivity contribution in [3.8, 4) is 0 Å². The lowest BCUT2D eigenvalue weighted by molar-refractivity contribution is 0.0600. The molecule has 6 nitrogen and oxygen atoms in total. The Kier molecular flexibility index (Phi) is 5.27. The van der Waals surface area contributed by atoms with Gasteiger partial charge in [-0.2, -0.15) is 0 Å². The van der Waals surface area contributed by atoms with E-state index in [1.807, 2.05) is 37.3 Å². The number of ether oxygens (including phenoxy) is 1. The summed E-state index contributed by atoms with van der Waals surface area (Å²) in [6.07, 6.45) is 0. The maximum atomic E-state index is 11.5. The van der Waals surface area contributed by atoms with Crippen molar-refractivity contribution in [3.63, 3.8) is 0 Å². The average molecular weight is 329 g/mol. The molecule has 1 saturated heterocycles. The van der Waals surface area contributed by atoms with E-state index in [-0.39, 0.29) is 5.97 Å². The number of methoxy groups -OCH3 is 1. The molecule has 0 bridgehead atoms. The Morgan fingerprint density at radius 1 is 1.12 bits per heavy atom.